The van der Waals surface area contributed by atoms with Gasteiger partial charge in [-0.1, -0.05) is 11.6 Å². The van der Waals surface area contributed by atoms with Crippen molar-refractivity contribution in [1.82, 2.24) is 0 Å². The molecule has 0 radical (unpaired) electrons. The van der Waals surface area contributed by atoms with Crippen molar-refractivity contribution < 1.29 is 12.6 Å². The van der Waals surface area contributed by atoms with Gasteiger partial charge < -0.3 is 0 Å². The summed E-state index contributed by atoms with van der Waals surface area (Å²) < 4.78 is 28.2. The number of benzene rings is 1. The van der Waals surface area contributed by atoms with Gasteiger partial charge in [-0.3, -0.25) is 0 Å². The minimum absolute atomic E-state index is 0.0276. The average molecular weight is 260 g/mol. The van der Waals surface area contributed by atoms with E-state index in [0.29, 0.717) is 5.02 Å². The van der Waals surface area contributed by atoms with Crippen LogP contribution in [-0.2, 0) is 14.3 Å². The lowest BCUT2D eigenvalue weighted by molar-refractivity contribution is 0.178. The summed E-state index contributed by atoms with van der Waals surface area (Å²) in [5, 5.41) is 9.12. The van der Waals surface area contributed by atoms with Crippen LogP contribution in [0.4, 0.5) is 0 Å². The van der Waals surface area contributed by atoms with Gasteiger partial charge in [0.2, 0.25) is 0 Å². The van der Waals surface area contributed by atoms with E-state index in [1.807, 2.05) is 0 Å². The molecule has 1 aromatic carbocycles. The summed E-state index contributed by atoms with van der Waals surface area (Å²) in [6.07, 6.45) is 0. The Hall–Kier alpha value is -1.09. The monoisotopic (exact) mass is 259 g/mol. The lowest BCUT2D eigenvalue weighted by Crippen LogP contribution is -2.26. The van der Waals surface area contributed by atoms with Crippen LogP contribution in [0.25, 0.3) is 0 Å². The third-order valence-corrected chi connectivity index (χ3v) is 3.43. The van der Waals surface area contributed by atoms with Gasteiger partial charge in [-0.05, 0) is 38.1 Å². The van der Waals surface area contributed by atoms with Gasteiger partial charge in [0.05, 0.1) is 11.0 Å². The third kappa shape index (κ3) is 3.20. The molecular formula is C10H10ClNO3S. The first-order chi connectivity index (χ1) is 7.27. The van der Waals surface area contributed by atoms with Crippen molar-refractivity contribution in [2.45, 2.75) is 24.3 Å². The van der Waals surface area contributed by atoms with Crippen molar-refractivity contribution in [3.63, 3.8) is 0 Å². The summed E-state index contributed by atoms with van der Waals surface area (Å²) in [6.45, 7) is 2.75. The van der Waals surface area contributed by atoms with E-state index in [1.165, 1.54) is 38.1 Å². The van der Waals surface area contributed by atoms with Gasteiger partial charge >= 0.3 is 0 Å². The van der Waals surface area contributed by atoms with E-state index >= 15 is 0 Å². The number of hydrogen-bond donors (Lipinski definition) is 0. The Kier molecular flexibility index (Phi) is 3.58. The number of nitrogens with zero attached hydrogens (tertiary/aromatic N) is 1. The maximum Gasteiger partial charge on any atom is 0.298 e. The zero-order valence-corrected chi connectivity index (χ0v) is 10.3. The van der Waals surface area contributed by atoms with Crippen LogP contribution >= 0.6 is 11.6 Å². The Morgan fingerprint density at radius 1 is 1.31 bits per heavy atom. The zero-order chi connectivity index (χ0) is 12.4. The fraction of sp³-hybridized carbons (Fsp3) is 0.300. The molecule has 86 valence electrons. The summed E-state index contributed by atoms with van der Waals surface area (Å²) in [7, 11) is -3.93. The van der Waals surface area contributed by atoms with Crippen LogP contribution in [0.1, 0.15) is 13.8 Å². The molecule has 4 nitrogen and oxygen atoms in total. The Bertz CT molecular complexity index is 514. The van der Waals surface area contributed by atoms with Crippen molar-refractivity contribution in [2.24, 2.45) is 0 Å². The van der Waals surface area contributed by atoms with E-state index in [9.17, 15) is 8.42 Å². The molecule has 0 amide bonds. The van der Waals surface area contributed by atoms with Crippen LogP contribution in [0.3, 0.4) is 0 Å². The normalized spacial score (nSPS) is 12.1. The molecule has 1 aromatic rings. The molecule has 6 heteroatoms. The first kappa shape index (κ1) is 13.0. The van der Waals surface area contributed by atoms with E-state index in [2.05, 4.69) is 0 Å². The van der Waals surface area contributed by atoms with Gasteiger partial charge in [-0.15, -0.1) is 0 Å². The molecule has 0 unspecified atom stereocenters. The van der Waals surface area contributed by atoms with E-state index in [-0.39, 0.29) is 4.90 Å². The second-order valence-corrected chi connectivity index (χ2v) is 5.60. The van der Waals surface area contributed by atoms with E-state index < -0.39 is 15.7 Å². The van der Waals surface area contributed by atoms with Crippen LogP contribution in [0.2, 0.25) is 5.02 Å². The standard InChI is InChI=1S/C10H10ClNO3S/c1-10(2,7-12)15-16(13,14)9-5-3-8(11)4-6-9/h3-6H,1-2H3. The minimum Gasteiger partial charge on any atom is -0.245 e. The molecule has 0 N–H and O–H groups in total. The van der Waals surface area contributed by atoms with E-state index in [1.54, 1.807) is 6.07 Å². The van der Waals surface area contributed by atoms with Crippen molar-refractivity contribution >= 4 is 21.7 Å². The number of hydrogen-bond acceptors (Lipinski definition) is 4. The molecule has 0 fully saturated rings. The lowest BCUT2D eigenvalue weighted by Gasteiger charge is -2.15. The molecule has 0 saturated carbocycles. The van der Waals surface area contributed by atoms with Gasteiger partial charge in [0.15, 0.2) is 5.60 Å². The molecular weight excluding hydrogens is 250 g/mol. The molecule has 0 heterocycles. The van der Waals surface area contributed by atoms with Crippen molar-refractivity contribution in [3.8, 4) is 6.07 Å². The van der Waals surface area contributed by atoms with Gasteiger partial charge in [0.25, 0.3) is 10.1 Å². The second-order valence-electron chi connectivity index (χ2n) is 3.61. The van der Waals surface area contributed by atoms with Crippen molar-refractivity contribution in [2.75, 3.05) is 0 Å². The number of nitriles is 1. The first-order valence-corrected chi connectivity index (χ1v) is 6.18. The molecule has 1 rings (SSSR count). The van der Waals surface area contributed by atoms with Crippen molar-refractivity contribution in [3.05, 3.63) is 29.3 Å². The summed E-state index contributed by atoms with van der Waals surface area (Å²) in [5.74, 6) is 0. The maximum absolute atomic E-state index is 11.7. The smallest absolute Gasteiger partial charge is 0.245 e. The molecule has 0 atom stereocenters. The predicted molar refractivity (Wildman–Crippen MR) is 59.4 cm³/mol. The Balaban J connectivity index is 3.05. The molecule has 0 aliphatic heterocycles. The maximum atomic E-state index is 11.7. The summed E-state index contributed by atoms with van der Waals surface area (Å²) >= 11 is 5.63. The highest BCUT2D eigenvalue weighted by Crippen LogP contribution is 2.21. The SMILES string of the molecule is CC(C)(C#N)OS(=O)(=O)c1ccc(Cl)cc1. The highest BCUT2D eigenvalue weighted by molar-refractivity contribution is 7.86. The largest absolute Gasteiger partial charge is 0.298 e. The molecule has 0 aromatic heterocycles. The second kappa shape index (κ2) is 4.42. The molecule has 0 aliphatic rings. The first-order valence-electron chi connectivity index (χ1n) is 4.39. The van der Waals surface area contributed by atoms with Gasteiger partial charge in [0.1, 0.15) is 0 Å². The highest BCUT2D eigenvalue weighted by atomic mass is 35.5. The lowest BCUT2D eigenvalue weighted by atomic mass is 10.2. The fourth-order valence-corrected chi connectivity index (χ4v) is 2.22. The zero-order valence-electron chi connectivity index (χ0n) is 8.77. The fourth-order valence-electron chi connectivity index (χ4n) is 0.942. The Morgan fingerprint density at radius 2 is 1.81 bits per heavy atom. The van der Waals surface area contributed by atoms with Crippen LogP contribution in [0, 0.1) is 11.3 Å². The van der Waals surface area contributed by atoms with Crippen LogP contribution in [-0.4, -0.2) is 14.0 Å². The number of halogens is 1. The Labute approximate surface area is 99.5 Å². The van der Waals surface area contributed by atoms with Crippen molar-refractivity contribution in [1.29, 1.82) is 5.26 Å². The third-order valence-electron chi connectivity index (χ3n) is 1.69. The summed E-state index contributed by atoms with van der Waals surface area (Å²) in [6, 6.07) is 7.28. The quantitative estimate of drug-likeness (QED) is 0.782. The summed E-state index contributed by atoms with van der Waals surface area (Å²) in [5.41, 5.74) is -1.39. The van der Waals surface area contributed by atoms with E-state index in [4.69, 9.17) is 21.0 Å². The Morgan fingerprint density at radius 3 is 2.25 bits per heavy atom. The van der Waals surface area contributed by atoms with Crippen LogP contribution in [0.5, 0.6) is 0 Å². The number of rotatable bonds is 3. The van der Waals surface area contributed by atoms with Crippen LogP contribution in [0.15, 0.2) is 29.2 Å². The van der Waals surface area contributed by atoms with Crippen LogP contribution < -0.4 is 0 Å². The predicted octanol–water partition coefficient (Wildman–Crippen LogP) is 2.35. The van der Waals surface area contributed by atoms with Gasteiger partial charge in [-0.25, -0.2) is 4.18 Å². The molecule has 0 bridgehead atoms. The van der Waals surface area contributed by atoms with Gasteiger partial charge in [0, 0.05) is 5.02 Å². The molecule has 0 saturated heterocycles. The molecule has 16 heavy (non-hydrogen) atoms. The average Bonchev–Trinajstić information content (AvgIpc) is 2.17. The topological polar surface area (TPSA) is 67.2 Å². The van der Waals surface area contributed by atoms with E-state index in [0.717, 1.165) is 0 Å². The summed E-state index contributed by atoms with van der Waals surface area (Å²) in [4.78, 5) is -0.0276. The molecule has 0 aliphatic carbocycles. The minimum atomic E-state index is -3.93. The highest BCUT2D eigenvalue weighted by Gasteiger charge is 2.27. The molecule has 0 spiro atoms. The van der Waals surface area contributed by atoms with Gasteiger partial charge in [-0.2, -0.15) is 13.7 Å².